The molecule has 1 amide bonds. The maximum absolute atomic E-state index is 12.2. The van der Waals surface area contributed by atoms with Gasteiger partial charge >= 0.3 is 0 Å². The van der Waals surface area contributed by atoms with Gasteiger partial charge < -0.3 is 10.6 Å². The van der Waals surface area contributed by atoms with Gasteiger partial charge in [0.15, 0.2) is 0 Å². The first-order valence-electron chi connectivity index (χ1n) is 8.27. The largest absolute Gasteiger partial charge is 0.339 e. The van der Waals surface area contributed by atoms with Crippen LogP contribution >= 0.6 is 11.6 Å². The fourth-order valence-electron chi connectivity index (χ4n) is 2.34. The van der Waals surface area contributed by atoms with Crippen LogP contribution in [-0.4, -0.2) is 15.9 Å². The second kappa shape index (κ2) is 7.97. The van der Waals surface area contributed by atoms with Crippen LogP contribution in [0.3, 0.4) is 0 Å². The molecular formula is C20H19ClN4O. The molecule has 0 saturated carbocycles. The second-order valence-electron chi connectivity index (χ2n) is 6.15. The molecule has 5 nitrogen and oxygen atoms in total. The van der Waals surface area contributed by atoms with Crippen molar-refractivity contribution >= 4 is 34.7 Å². The molecule has 3 rings (SSSR count). The molecule has 0 saturated heterocycles. The number of hydrogen-bond donors (Lipinski definition) is 2. The Morgan fingerprint density at radius 3 is 2.15 bits per heavy atom. The first-order chi connectivity index (χ1) is 12.5. The van der Waals surface area contributed by atoms with Gasteiger partial charge in [-0.3, -0.25) is 4.79 Å². The number of amides is 1. The van der Waals surface area contributed by atoms with Crippen LogP contribution in [0.2, 0.25) is 5.02 Å². The third kappa shape index (κ3) is 4.58. The average molecular weight is 367 g/mol. The van der Waals surface area contributed by atoms with Crippen molar-refractivity contribution in [2.24, 2.45) is 0 Å². The summed E-state index contributed by atoms with van der Waals surface area (Å²) in [5.74, 6) is 0.736. The molecule has 0 radical (unpaired) electrons. The van der Waals surface area contributed by atoms with E-state index >= 15 is 0 Å². The number of carbonyl (C=O) groups excluding carboxylic acids is 1. The van der Waals surface area contributed by atoms with E-state index < -0.39 is 0 Å². The van der Waals surface area contributed by atoms with Gasteiger partial charge in [-0.05, 0) is 47.9 Å². The van der Waals surface area contributed by atoms with Crippen molar-refractivity contribution in [2.45, 2.75) is 19.8 Å². The van der Waals surface area contributed by atoms with Gasteiger partial charge in [0.1, 0.15) is 11.5 Å². The van der Waals surface area contributed by atoms with Crippen molar-refractivity contribution < 1.29 is 4.79 Å². The predicted molar refractivity (Wildman–Crippen MR) is 105 cm³/mol. The molecule has 0 bridgehead atoms. The zero-order valence-electron chi connectivity index (χ0n) is 14.5. The lowest BCUT2D eigenvalue weighted by molar-refractivity contribution is 0.102. The number of halogens is 1. The van der Waals surface area contributed by atoms with Crippen molar-refractivity contribution in [3.63, 3.8) is 0 Å². The first kappa shape index (κ1) is 17.9. The minimum Gasteiger partial charge on any atom is -0.339 e. The minimum atomic E-state index is -0.326. The number of nitrogens with zero attached hydrogens (tertiary/aromatic N) is 2. The maximum atomic E-state index is 12.2. The van der Waals surface area contributed by atoms with Gasteiger partial charge in [-0.15, -0.1) is 0 Å². The summed E-state index contributed by atoms with van der Waals surface area (Å²) in [7, 11) is 0. The van der Waals surface area contributed by atoms with Gasteiger partial charge in [0, 0.05) is 16.4 Å². The molecule has 1 heterocycles. The van der Waals surface area contributed by atoms with Gasteiger partial charge in [-0.2, -0.15) is 0 Å². The molecular weight excluding hydrogens is 348 g/mol. The van der Waals surface area contributed by atoms with Crippen LogP contribution < -0.4 is 10.6 Å². The predicted octanol–water partition coefficient (Wildman–Crippen LogP) is 5.25. The molecule has 0 aliphatic rings. The molecule has 0 spiro atoms. The number of anilines is 3. The Morgan fingerprint density at radius 2 is 1.58 bits per heavy atom. The van der Waals surface area contributed by atoms with E-state index in [-0.39, 0.29) is 11.6 Å². The number of hydrogen-bond acceptors (Lipinski definition) is 4. The van der Waals surface area contributed by atoms with Gasteiger partial charge in [0.2, 0.25) is 0 Å². The highest BCUT2D eigenvalue weighted by Gasteiger charge is 2.09. The Morgan fingerprint density at radius 1 is 0.923 bits per heavy atom. The Kier molecular flexibility index (Phi) is 5.49. The Bertz CT molecular complexity index is 875. The van der Waals surface area contributed by atoms with Crippen LogP contribution in [0, 0.1) is 0 Å². The van der Waals surface area contributed by atoms with E-state index in [4.69, 9.17) is 11.6 Å². The third-order valence-corrected chi connectivity index (χ3v) is 4.09. The molecule has 26 heavy (non-hydrogen) atoms. The Balaban J connectivity index is 1.64. The van der Waals surface area contributed by atoms with E-state index in [1.165, 1.54) is 18.0 Å². The van der Waals surface area contributed by atoms with Crippen LogP contribution in [0.15, 0.2) is 60.9 Å². The lowest BCUT2D eigenvalue weighted by Gasteiger charge is -2.09. The number of carbonyl (C=O) groups is 1. The van der Waals surface area contributed by atoms with Gasteiger partial charge in [-0.25, -0.2) is 9.97 Å². The lowest BCUT2D eigenvalue weighted by atomic mass is 10.0. The molecule has 0 unspecified atom stereocenters. The maximum Gasteiger partial charge on any atom is 0.275 e. The Hall–Kier alpha value is -2.92. The zero-order valence-corrected chi connectivity index (χ0v) is 15.3. The highest BCUT2D eigenvalue weighted by Crippen LogP contribution is 2.19. The summed E-state index contributed by atoms with van der Waals surface area (Å²) in [6.45, 7) is 4.31. The van der Waals surface area contributed by atoms with Gasteiger partial charge in [0.25, 0.3) is 5.91 Å². The molecule has 6 heteroatoms. The minimum absolute atomic E-state index is 0.237. The van der Waals surface area contributed by atoms with Crippen molar-refractivity contribution in [3.8, 4) is 0 Å². The summed E-state index contributed by atoms with van der Waals surface area (Å²) < 4.78 is 0. The molecule has 0 aliphatic carbocycles. The lowest BCUT2D eigenvalue weighted by Crippen LogP contribution is -2.14. The van der Waals surface area contributed by atoms with Crippen molar-refractivity contribution in [1.82, 2.24) is 9.97 Å². The van der Waals surface area contributed by atoms with Crippen molar-refractivity contribution in [1.29, 1.82) is 0 Å². The summed E-state index contributed by atoms with van der Waals surface area (Å²) in [6.07, 6.45) is 2.98. The standard InChI is InChI=1S/C20H19ClN4O/c1-13(2)14-3-7-16(8-4-14)24-19-12-22-18(11-23-19)20(26)25-17-9-5-15(21)6-10-17/h3-13H,1-2H3,(H,23,24)(H,25,26). The topological polar surface area (TPSA) is 66.9 Å². The molecule has 2 aromatic carbocycles. The van der Waals surface area contributed by atoms with E-state index in [0.29, 0.717) is 22.4 Å². The molecule has 1 aromatic heterocycles. The number of rotatable bonds is 5. The first-order valence-corrected chi connectivity index (χ1v) is 8.65. The second-order valence-corrected chi connectivity index (χ2v) is 6.59. The van der Waals surface area contributed by atoms with E-state index in [1.807, 2.05) is 12.1 Å². The highest BCUT2D eigenvalue weighted by atomic mass is 35.5. The summed E-state index contributed by atoms with van der Waals surface area (Å²) in [4.78, 5) is 20.6. The fraction of sp³-hybridized carbons (Fsp3) is 0.150. The summed E-state index contributed by atoms with van der Waals surface area (Å²) in [5.41, 5.74) is 3.08. The van der Waals surface area contributed by atoms with Crippen LogP contribution in [-0.2, 0) is 0 Å². The van der Waals surface area contributed by atoms with Crippen molar-refractivity contribution in [2.75, 3.05) is 10.6 Å². The van der Waals surface area contributed by atoms with Gasteiger partial charge in [-0.1, -0.05) is 37.6 Å². The van der Waals surface area contributed by atoms with E-state index in [0.717, 1.165) is 5.69 Å². The average Bonchev–Trinajstić information content (AvgIpc) is 2.64. The number of benzene rings is 2. The van der Waals surface area contributed by atoms with Crippen LogP contribution in [0.5, 0.6) is 0 Å². The quantitative estimate of drug-likeness (QED) is 0.647. The van der Waals surface area contributed by atoms with E-state index in [1.54, 1.807) is 24.3 Å². The number of aromatic nitrogens is 2. The van der Waals surface area contributed by atoms with Crippen LogP contribution in [0.4, 0.5) is 17.2 Å². The van der Waals surface area contributed by atoms with E-state index in [2.05, 4.69) is 46.6 Å². The van der Waals surface area contributed by atoms with Crippen LogP contribution in [0.25, 0.3) is 0 Å². The molecule has 132 valence electrons. The fourth-order valence-corrected chi connectivity index (χ4v) is 2.46. The van der Waals surface area contributed by atoms with Gasteiger partial charge in [0.05, 0.1) is 12.4 Å². The highest BCUT2D eigenvalue weighted by molar-refractivity contribution is 6.30. The summed E-state index contributed by atoms with van der Waals surface area (Å²) >= 11 is 5.83. The smallest absolute Gasteiger partial charge is 0.275 e. The molecule has 0 fully saturated rings. The normalized spacial score (nSPS) is 10.6. The molecule has 0 aliphatic heterocycles. The molecule has 2 N–H and O–H groups in total. The number of nitrogens with one attached hydrogen (secondary N) is 2. The Labute approximate surface area is 157 Å². The summed E-state index contributed by atoms with van der Waals surface area (Å²) in [6, 6.07) is 15.0. The molecule has 3 aromatic rings. The molecule has 0 atom stereocenters. The zero-order chi connectivity index (χ0) is 18.5. The van der Waals surface area contributed by atoms with Crippen LogP contribution in [0.1, 0.15) is 35.8 Å². The SMILES string of the molecule is CC(C)c1ccc(Nc2cnc(C(=O)Nc3ccc(Cl)cc3)cn2)cc1. The summed E-state index contributed by atoms with van der Waals surface area (Å²) in [5, 5.41) is 6.53. The van der Waals surface area contributed by atoms with E-state index in [9.17, 15) is 4.79 Å². The monoisotopic (exact) mass is 366 g/mol. The third-order valence-electron chi connectivity index (χ3n) is 3.84. The van der Waals surface area contributed by atoms with Crippen molar-refractivity contribution in [3.05, 3.63) is 77.2 Å².